The van der Waals surface area contributed by atoms with Gasteiger partial charge in [-0.3, -0.25) is 14.6 Å². The zero-order chi connectivity index (χ0) is 20.0. The molecule has 1 atom stereocenters. The molecule has 6 nitrogen and oxygen atoms in total. The normalized spacial score (nSPS) is 20.4. The van der Waals surface area contributed by atoms with Crippen LogP contribution in [0.1, 0.15) is 37.7 Å². The summed E-state index contributed by atoms with van der Waals surface area (Å²) in [6.07, 6.45) is 10.7. The maximum Gasteiger partial charge on any atom is 0.239 e. The van der Waals surface area contributed by atoms with Crippen LogP contribution in [0.15, 0.2) is 24.5 Å². The van der Waals surface area contributed by atoms with Crippen molar-refractivity contribution in [2.45, 2.75) is 44.6 Å². The molecule has 0 radical (unpaired) electrons. The van der Waals surface area contributed by atoms with Crippen LogP contribution in [-0.2, 0) is 16.0 Å². The van der Waals surface area contributed by atoms with E-state index in [1.807, 2.05) is 28.3 Å². The Kier molecular flexibility index (Phi) is 7.35. The van der Waals surface area contributed by atoms with E-state index in [-0.39, 0.29) is 23.3 Å². The van der Waals surface area contributed by atoms with E-state index < -0.39 is 0 Å². The van der Waals surface area contributed by atoms with E-state index in [0.29, 0.717) is 6.42 Å². The predicted octanol–water partition coefficient (Wildman–Crippen LogP) is 1.94. The fourth-order valence-corrected chi connectivity index (χ4v) is 4.82. The minimum atomic E-state index is -0.384. The van der Waals surface area contributed by atoms with Crippen LogP contribution in [0.2, 0.25) is 0 Å². The Bertz CT molecular complexity index is 662. The van der Waals surface area contributed by atoms with Crippen LogP contribution < -0.4 is 5.73 Å². The number of pyridine rings is 1. The first-order valence-corrected chi connectivity index (χ1v) is 11.6. The number of rotatable bonds is 7. The number of likely N-dealkylation sites (tertiary alicyclic amines) is 2. The molecule has 2 saturated heterocycles. The van der Waals surface area contributed by atoms with Gasteiger partial charge in [-0.05, 0) is 61.2 Å². The van der Waals surface area contributed by atoms with Crippen LogP contribution in [0.4, 0.5) is 0 Å². The minimum absolute atomic E-state index is 0.0872. The molecule has 0 aromatic carbocycles. The van der Waals surface area contributed by atoms with Gasteiger partial charge in [0.05, 0.1) is 6.04 Å². The molecule has 1 aromatic heterocycles. The third kappa shape index (κ3) is 5.26. The number of amides is 2. The molecule has 2 N–H and O–H groups in total. The SMILES string of the molecule is CSCC[C@H](N)C(=O)N1CCC2(CCC(=O)N(CCc3cccnc3)C2)CC1. The molecule has 28 heavy (non-hydrogen) atoms. The molecule has 7 heteroatoms. The lowest BCUT2D eigenvalue weighted by atomic mass is 9.72. The topological polar surface area (TPSA) is 79.5 Å². The number of carbonyl (C=O) groups is 2. The van der Waals surface area contributed by atoms with Gasteiger partial charge in [0.25, 0.3) is 0 Å². The van der Waals surface area contributed by atoms with Crippen LogP contribution in [0.5, 0.6) is 0 Å². The molecular formula is C21H32N4O2S. The van der Waals surface area contributed by atoms with E-state index in [4.69, 9.17) is 5.73 Å². The van der Waals surface area contributed by atoms with Crippen molar-refractivity contribution < 1.29 is 9.59 Å². The zero-order valence-corrected chi connectivity index (χ0v) is 17.6. The lowest BCUT2D eigenvalue weighted by molar-refractivity contribution is -0.143. The molecule has 2 amide bonds. The molecule has 2 fully saturated rings. The van der Waals surface area contributed by atoms with Gasteiger partial charge in [-0.1, -0.05) is 6.07 Å². The Labute approximate surface area is 172 Å². The number of nitrogens with zero attached hydrogens (tertiary/aromatic N) is 3. The molecule has 2 aliphatic heterocycles. The van der Waals surface area contributed by atoms with Crippen molar-refractivity contribution in [1.29, 1.82) is 0 Å². The van der Waals surface area contributed by atoms with Gasteiger partial charge in [0.1, 0.15) is 0 Å². The molecule has 2 aliphatic rings. The minimum Gasteiger partial charge on any atom is -0.342 e. The monoisotopic (exact) mass is 404 g/mol. The number of hydrogen-bond acceptors (Lipinski definition) is 5. The number of carbonyl (C=O) groups excluding carboxylic acids is 2. The van der Waals surface area contributed by atoms with Gasteiger partial charge in [-0.25, -0.2) is 0 Å². The van der Waals surface area contributed by atoms with E-state index in [9.17, 15) is 9.59 Å². The number of piperidine rings is 2. The maximum atomic E-state index is 12.6. The van der Waals surface area contributed by atoms with Crippen LogP contribution in [0.3, 0.4) is 0 Å². The summed E-state index contributed by atoms with van der Waals surface area (Å²) < 4.78 is 0. The summed E-state index contributed by atoms with van der Waals surface area (Å²) in [6, 6.07) is 3.61. The largest absolute Gasteiger partial charge is 0.342 e. The molecule has 1 aromatic rings. The molecule has 3 rings (SSSR count). The molecule has 0 unspecified atom stereocenters. The molecule has 1 spiro atoms. The van der Waals surface area contributed by atoms with Crippen LogP contribution >= 0.6 is 11.8 Å². The lowest BCUT2D eigenvalue weighted by Crippen LogP contribution is -2.54. The Morgan fingerprint density at radius 2 is 2.14 bits per heavy atom. The second-order valence-corrected chi connectivity index (χ2v) is 9.13. The zero-order valence-electron chi connectivity index (χ0n) is 16.8. The summed E-state index contributed by atoms with van der Waals surface area (Å²) >= 11 is 1.72. The third-order valence-electron chi connectivity index (χ3n) is 6.23. The van der Waals surface area contributed by atoms with E-state index in [0.717, 1.165) is 69.6 Å². The Hall–Kier alpha value is -1.60. The number of nitrogens with two attached hydrogens (primary N) is 1. The standard InChI is InChI=1S/C21H32N4O2S/c1-28-14-6-18(22)20(27)24-12-8-21(9-13-24)7-4-19(26)25(16-21)11-5-17-3-2-10-23-15-17/h2-3,10,15,18H,4-9,11-14,16,22H2,1H3/t18-/m0/s1. The quantitative estimate of drug-likeness (QED) is 0.751. The molecule has 154 valence electrons. The molecule has 3 heterocycles. The highest BCUT2D eigenvalue weighted by Crippen LogP contribution is 2.40. The number of thioether (sulfide) groups is 1. The second kappa shape index (κ2) is 9.74. The van der Waals surface area contributed by atoms with Crippen LogP contribution in [0, 0.1) is 5.41 Å². The highest BCUT2D eigenvalue weighted by molar-refractivity contribution is 7.98. The first-order valence-electron chi connectivity index (χ1n) is 10.2. The first-order chi connectivity index (χ1) is 13.5. The fourth-order valence-electron chi connectivity index (χ4n) is 4.33. The van der Waals surface area contributed by atoms with Gasteiger partial charge < -0.3 is 15.5 Å². The molecular weight excluding hydrogens is 372 g/mol. The predicted molar refractivity (Wildman–Crippen MR) is 113 cm³/mol. The summed E-state index contributed by atoms with van der Waals surface area (Å²) in [5, 5.41) is 0. The van der Waals surface area contributed by atoms with Crippen molar-refractivity contribution in [2.75, 3.05) is 38.2 Å². The summed E-state index contributed by atoms with van der Waals surface area (Å²) in [7, 11) is 0. The highest BCUT2D eigenvalue weighted by atomic mass is 32.2. The van der Waals surface area contributed by atoms with Crippen LogP contribution in [-0.4, -0.2) is 70.8 Å². The second-order valence-electron chi connectivity index (χ2n) is 8.14. The van der Waals surface area contributed by atoms with E-state index >= 15 is 0 Å². The van der Waals surface area contributed by atoms with Crippen molar-refractivity contribution in [1.82, 2.24) is 14.8 Å². The van der Waals surface area contributed by atoms with Gasteiger partial charge in [0.15, 0.2) is 0 Å². The average molecular weight is 405 g/mol. The van der Waals surface area contributed by atoms with Gasteiger partial charge in [-0.15, -0.1) is 0 Å². The van der Waals surface area contributed by atoms with Crippen molar-refractivity contribution in [3.05, 3.63) is 30.1 Å². The highest BCUT2D eigenvalue weighted by Gasteiger charge is 2.41. The van der Waals surface area contributed by atoms with Crippen LogP contribution in [0.25, 0.3) is 0 Å². The third-order valence-corrected chi connectivity index (χ3v) is 6.87. The van der Waals surface area contributed by atoms with E-state index in [2.05, 4.69) is 11.1 Å². The molecule has 0 aliphatic carbocycles. The fraction of sp³-hybridized carbons (Fsp3) is 0.667. The Morgan fingerprint density at radius 3 is 2.82 bits per heavy atom. The van der Waals surface area contributed by atoms with Gasteiger partial charge >= 0.3 is 0 Å². The summed E-state index contributed by atoms with van der Waals surface area (Å²) in [4.78, 5) is 33.1. The van der Waals surface area contributed by atoms with Crippen molar-refractivity contribution >= 4 is 23.6 Å². The van der Waals surface area contributed by atoms with Crippen molar-refractivity contribution in [3.8, 4) is 0 Å². The van der Waals surface area contributed by atoms with Gasteiger partial charge in [0.2, 0.25) is 11.8 Å². The first kappa shape index (κ1) is 21.1. The summed E-state index contributed by atoms with van der Waals surface area (Å²) in [5.41, 5.74) is 7.39. The summed E-state index contributed by atoms with van der Waals surface area (Å²) in [6.45, 7) is 3.08. The molecule has 0 bridgehead atoms. The van der Waals surface area contributed by atoms with Crippen molar-refractivity contribution in [3.63, 3.8) is 0 Å². The Balaban J connectivity index is 1.52. The lowest BCUT2D eigenvalue weighted by Gasteiger charge is -2.47. The van der Waals surface area contributed by atoms with Gasteiger partial charge in [0, 0.05) is 45.0 Å². The Morgan fingerprint density at radius 1 is 1.36 bits per heavy atom. The number of aromatic nitrogens is 1. The summed E-state index contributed by atoms with van der Waals surface area (Å²) in [5.74, 6) is 1.26. The average Bonchev–Trinajstić information content (AvgIpc) is 2.73. The van der Waals surface area contributed by atoms with Crippen molar-refractivity contribution in [2.24, 2.45) is 11.1 Å². The van der Waals surface area contributed by atoms with E-state index in [1.165, 1.54) is 0 Å². The van der Waals surface area contributed by atoms with E-state index in [1.54, 1.807) is 18.0 Å². The maximum absolute atomic E-state index is 12.6. The number of hydrogen-bond donors (Lipinski definition) is 1. The van der Waals surface area contributed by atoms with Gasteiger partial charge in [-0.2, -0.15) is 11.8 Å². The molecule has 0 saturated carbocycles. The smallest absolute Gasteiger partial charge is 0.239 e.